The fourth-order valence-electron chi connectivity index (χ4n) is 6.18. The molecule has 0 radical (unpaired) electrons. The number of benzene rings is 2. The molecule has 4 aromatic rings. The maximum Gasteiger partial charge on any atom is 0.327 e. The molecule has 5 rings (SSSR count). The summed E-state index contributed by atoms with van der Waals surface area (Å²) in [6, 6.07) is 15.8. The number of hydrogen-bond donors (Lipinski definition) is 2. The second-order valence-electron chi connectivity index (χ2n) is 12.0. The lowest BCUT2D eigenvalue weighted by atomic mass is 9.85. The zero-order chi connectivity index (χ0) is 35.1. The van der Waals surface area contributed by atoms with Crippen LogP contribution in [-0.4, -0.2) is 62.5 Å². The van der Waals surface area contributed by atoms with Crippen molar-refractivity contribution >= 4 is 46.5 Å². The van der Waals surface area contributed by atoms with E-state index in [0.29, 0.717) is 39.7 Å². The molecular formula is C36H39Cl2N3O7S. The van der Waals surface area contributed by atoms with Crippen LogP contribution in [0, 0.1) is 0 Å². The van der Waals surface area contributed by atoms with Crippen molar-refractivity contribution in [3.8, 4) is 11.5 Å². The number of nitrogens with zero attached hydrogens (tertiary/aromatic N) is 2. The van der Waals surface area contributed by atoms with E-state index in [1.54, 1.807) is 18.2 Å². The molecule has 1 aliphatic heterocycles. The third-order valence-electron chi connectivity index (χ3n) is 8.85. The predicted molar refractivity (Wildman–Crippen MR) is 185 cm³/mol. The molecule has 2 aromatic heterocycles. The fraction of sp³-hybridized carbons (Fsp3) is 0.361. The number of aromatic nitrogens is 1. The summed E-state index contributed by atoms with van der Waals surface area (Å²) < 4.78 is 17.6. The van der Waals surface area contributed by atoms with Crippen LogP contribution in [0.25, 0.3) is 0 Å². The van der Waals surface area contributed by atoms with Crippen molar-refractivity contribution in [2.24, 2.45) is 0 Å². The maximum absolute atomic E-state index is 13.5. The second kappa shape index (κ2) is 16.7. The van der Waals surface area contributed by atoms with Crippen molar-refractivity contribution < 1.29 is 38.8 Å². The van der Waals surface area contributed by atoms with E-state index in [4.69, 9.17) is 37.4 Å². The standard InChI is InChI=1S/C36H39Cl2N3O7S/c1-40-14-8-7-11-24(40)21-48-36(44)33(22-9-5-4-6-10-22)39-18-25-16-27(34(49-25)35(42)43)26(17-28-29(37)19-41(45)20-30(28)38)23-12-13-31(46-2)32(15-23)47-3/h4-6,9-10,12-13,15-16,19-20,24,26,33,39H,7-8,11,14,17-18,21H2,1-3H3,(H-,42,43,45)/t24?,26-,33?/m0/s1. The summed E-state index contributed by atoms with van der Waals surface area (Å²) in [4.78, 5) is 29.1. The number of esters is 1. The first-order valence-electron chi connectivity index (χ1n) is 15.9. The van der Waals surface area contributed by atoms with E-state index in [0.717, 1.165) is 47.4 Å². The average Bonchev–Trinajstić information content (AvgIpc) is 3.52. The smallest absolute Gasteiger partial charge is 0.327 e. The molecular weight excluding hydrogens is 689 g/mol. The lowest BCUT2D eigenvalue weighted by molar-refractivity contribution is -0.904. The molecule has 3 atom stereocenters. The number of carboxylic acid groups (broad SMARTS) is 1. The Morgan fingerprint density at radius 3 is 2.41 bits per heavy atom. The number of likely N-dealkylation sites (N-methyl/N-ethyl adjacent to an activating group) is 1. The summed E-state index contributed by atoms with van der Waals surface area (Å²) in [5.41, 5.74) is 2.43. The number of pyridine rings is 1. The molecule has 13 heteroatoms. The summed E-state index contributed by atoms with van der Waals surface area (Å²) in [6.07, 6.45) is 6.01. The number of piperidine rings is 1. The van der Waals surface area contributed by atoms with Gasteiger partial charge in [0.05, 0.1) is 25.1 Å². The van der Waals surface area contributed by atoms with Crippen LogP contribution in [0.4, 0.5) is 0 Å². The number of likely N-dealkylation sites (tertiary alicyclic amines) is 1. The fourth-order valence-corrected chi connectivity index (χ4v) is 7.79. The Hall–Kier alpha value is -3.87. The number of nitrogens with one attached hydrogen (secondary N) is 1. The lowest BCUT2D eigenvalue weighted by Crippen LogP contribution is -2.41. The molecule has 260 valence electrons. The van der Waals surface area contributed by atoms with Gasteiger partial charge in [-0.1, -0.05) is 66.0 Å². The van der Waals surface area contributed by atoms with Crippen molar-refractivity contribution in [2.45, 2.75) is 50.2 Å². The zero-order valence-electron chi connectivity index (χ0n) is 27.5. The molecule has 1 saturated heterocycles. The van der Waals surface area contributed by atoms with Gasteiger partial charge in [0, 0.05) is 33.7 Å². The number of rotatable bonds is 14. The van der Waals surface area contributed by atoms with Crippen LogP contribution in [0.5, 0.6) is 11.5 Å². The van der Waals surface area contributed by atoms with Gasteiger partial charge in [-0.3, -0.25) is 10.5 Å². The molecule has 3 heterocycles. The van der Waals surface area contributed by atoms with Gasteiger partial charge in [0.15, 0.2) is 11.5 Å². The van der Waals surface area contributed by atoms with Crippen LogP contribution >= 0.6 is 34.5 Å². The van der Waals surface area contributed by atoms with Crippen LogP contribution < -0.4 is 24.6 Å². The highest BCUT2D eigenvalue weighted by Crippen LogP contribution is 2.41. The number of carboxylic acids is 1. The van der Waals surface area contributed by atoms with Crippen LogP contribution in [0.2, 0.25) is 10.0 Å². The molecule has 0 bridgehead atoms. The molecule has 49 heavy (non-hydrogen) atoms. The molecule has 0 aliphatic carbocycles. The molecule has 0 amide bonds. The average molecular weight is 729 g/mol. The van der Waals surface area contributed by atoms with Gasteiger partial charge in [-0.2, -0.15) is 0 Å². The second-order valence-corrected chi connectivity index (χ2v) is 13.9. The molecule has 1 fully saturated rings. The SMILES string of the molecule is COc1ccc([C@H](Cc2c(Cl)c[n+](O)cc2Cl)c2cc(CNC(C(=O)OCC3CCCCN3C)c3ccccc3)sc2C(=O)[O-])cc1OC. The number of ether oxygens (including phenoxy) is 3. The lowest BCUT2D eigenvalue weighted by Gasteiger charge is -2.32. The van der Waals surface area contributed by atoms with E-state index < -0.39 is 23.9 Å². The summed E-state index contributed by atoms with van der Waals surface area (Å²) in [6.45, 7) is 1.45. The van der Waals surface area contributed by atoms with E-state index in [1.165, 1.54) is 26.6 Å². The number of thiophene rings is 1. The summed E-state index contributed by atoms with van der Waals surface area (Å²) in [7, 11) is 5.09. The first-order valence-corrected chi connectivity index (χ1v) is 17.5. The Morgan fingerprint density at radius 1 is 1.04 bits per heavy atom. The van der Waals surface area contributed by atoms with E-state index in [2.05, 4.69) is 10.2 Å². The first kappa shape index (κ1) is 36.4. The minimum absolute atomic E-state index is 0.0242. The Bertz CT molecular complexity index is 1750. The van der Waals surface area contributed by atoms with Crippen molar-refractivity contribution in [1.82, 2.24) is 10.2 Å². The van der Waals surface area contributed by atoms with Gasteiger partial charge in [-0.05, 0) is 67.7 Å². The van der Waals surface area contributed by atoms with Gasteiger partial charge in [-0.25, -0.2) is 4.79 Å². The summed E-state index contributed by atoms with van der Waals surface area (Å²) in [5, 5.41) is 26.3. The number of carbonyl (C=O) groups excluding carboxylic acids is 2. The number of methoxy groups -OCH3 is 2. The molecule has 2 unspecified atom stereocenters. The third kappa shape index (κ3) is 8.84. The Kier molecular flexibility index (Phi) is 12.4. The predicted octanol–water partition coefficient (Wildman–Crippen LogP) is 5.19. The van der Waals surface area contributed by atoms with Crippen LogP contribution in [0.3, 0.4) is 0 Å². The molecule has 0 saturated carbocycles. The topological polar surface area (TPSA) is 124 Å². The molecule has 2 aromatic carbocycles. The van der Waals surface area contributed by atoms with E-state index in [-0.39, 0.29) is 33.9 Å². The largest absolute Gasteiger partial charge is 0.544 e. The van der Waals surface area contributed by atoms with E-state index in [9.17, 15) is 19.9 Å². The molecule has 0 spiro atoms. The van der Waals surface area contributed by atoms with E-state index >= 15 is 0 Å². The van der Waals surface area contributed by atoms with E-state index in [1.807, 2.05) is 43.4 Å². The first-order chi connectivity index (χ1) is 23.6. The number of hydrogen-bond acceptors (Lipinski definition) is 10. The van der Waals surface area contributed by atoms with Gasteiger partial charge in [0.1, 0.15) is 22.7 Å². The summed E-state index contributed by atoms with van der Waals surface area (Å²) in [5.74, 6) is -1.36. The Morgan fingerprint density at radius 2 is 1.76 bits per heavy atom. The van der Waals surface area contributed by atoms with Crippen LogP contribution in [-0.2, 0) is 22.5 Å². The van der Waals surface area contributed by atoms with Gasteiger partial charge in [0.25, 0.3) is 0 Å². The highest BCUT2D eigenvalue weighted by Gasteiger charge is 2.29. The van der Waals surface area contributed by atoms with Crippen molar-refractivity contribution in [3.63, 3.8) is 0 Å². The highest BCUT2D eigenvalue weighted by molar-refractivity contribution is 7.14. The molecule has 10 nitrogen and oxygen atoms in total. The molecule has 1 aliphatic rings. The number of aromatic carboxylic acids is 1. The Balaban J connectivity index is 1.47. The third-order valence-corrected chi connectivity index (χ3v) is 10.6. The monoisotopic (exact) mass is 727 g/mol. The Labute approximate surface area is 299 Å². The normalized spacial score (nSPS) is 16.1. The zero-order valence-corrected chi connectivity index (χ0v) is 29.8. The van der Waals surface area contributed by atoms with Crippen molar-refractivity contribution in [2.75, 3.05) is 34.4 Å². The maximum atomic E-state index is 13.5. The van der Waals surface area contributed by atoms with Crippen LogP contribution in [0.15, 0.2) is 67.0 Å². The van der Waals surface area contributed by atoms with Gasteiger partial charge < -0.3 is 29.0 Å². The quantitative estimate of drug-likeness (QED) is 0.103. The van der Waals surface area contributed by atoms with Crippen LogP contribution in [0.1, 0.15) is 68.0 Å². The number of carbonyl (C=O) groups is 2. The van der Waals surface area contributed by atoms with Gasteiger partial charge >= 0.3 is 5.97 Å². The highest BCUT2D eigenvalue weighted by atomic mass is 35.5. The van der Waals surface area contributed by atoms with Crippen molar-refractivity contribution in [3.05, 3.63) is 109 Å². The number of halogens is 2. The minimum atomic E-state index is -1.34. The molecule has 2 N–H and O–H groups in total. The van der Waals surface area contributed by atoms with Gasteiger partial charge in [-0.15, -0.1) is 11.3 Å². The minimum Gasteiger partial charge on any atom is -0.544 e. The summed E-state index contributed by atoms with van der Waals surface area (Å²) >= 11 is 14.1. The van der Waals surface area contributed by atoms with Gasteiger partial charge in [0.2, 0.25) is 12.4 Å². The van der Waals surface area contributed by atoms with Crippen molar-refractivity contribution in [1.29, 1.82) is 0 Å².